The van der Waals surface area contributed by atoms with Crippen LogP contribution in [0, 0.1) is 12.8 Å². The second-order valence-electron chi connectivity index (χ2n) is 5.63. The molecule has 1 aromatic heterocycles. The predicted molar refractivity (Wildman–Crippen MR) is 70.6 cm³/mol. The number of ether oxygens (including phenoxy) is 1. The Bertz CT molecular complexity index is 451. The average Bonchev–Trinajstić information content (AvgIpc) is 3.10. The zero-order chi connectivity index (χ0) is 13.2. The Morgan fingerprint density at radius 3 is 3.11 bits per heavy atom. The average molecular weight is 263 g/mol. The first-order valence-electron chi connectivity index (χ1n) is 7.11. The van der Waals surface area contributed by atoms with E-state index >= 15 is 0 Å². The molecule has 5 nitrogen and oxygen atoms in total. The van der Waals surface area contributed by atoms with Gasteiger partial charge in [-0.15, -0.1) is 0 Å². The van der Waals surface area contributed by atoms with Crippen LogP contribution in [-0.4, -0.2) is 46.4 Å². The topological polar surface area (TPSA) is 47.4 Å². The van der Waals surface area contributed by atoms with E-state index < -0.39 is 0 Å². The van der Waals surface area contributed by atoms with Crippen LogP contribution >= 0.6 is 0 Å². The van der Waals surface area contributed by atoms with Crippen LogP contribution < -0.4 is 0 Å². The van der Waals surface area contributed by atoms with Crippen molar-refractivity contribution in [1.29, 1.82) is 0 Å². The van der Waals surface area contributed by atoms with Crippen LogP contribution in [0.5, 0.6) is 0 Å². The number of carbonyl (C=O) groups is 1. The second kappa shape index (κ2) is 5.33. The first-order valence-corrected chi connectivity index (χ1v) is 7.11. The summed E-state index contributed by atoms with van der Waals surface area (Å²) in [4.78, 5) is 14.5. The lowest BCUT2D eigenvalue weighted by molar-refractivity contribution is -0.136. The molecule has 1 aromatic rings. The number of carbonyl (C=O) groups excluding carboxylic acids is 1. The van der Waals surface area contributed by atoms with Gasteiger partial charge in [-0.05, 0) is 31.7 Å². The maximum Gasteiger partial charge on any atom is 0.228 e. The molecule has 0 unspecified atom stereocenters. The number of hydrogen-bond acceptors (Lipinski definition) is 3. The summed E-state index contributed by atoms with van der Waals surface area (Å²) in [7, 11) is 0. The van der Waals surface area contributed by atoms with Gasteiger partial charge >= 0.3 is 0 Å². The summed E-state index contributed by atoms with van der Waals surface area (Å²) in [6.07, 6.45) is 6.97. The molecule has 0 aromatic carbocycles. The molecule has 0 radical (unpaired) electrons. The Balaban J connectivity index is 1.65. The molecule has 104 valence electrons. The highest BCUT2D eigenvalue weighted by atomic mass is 16.5. The third kappa shape index (κ3) is 2.66. The summed E-state index contributed by atoms with van der Waals surface area (Å²) in [6.45, 7) is 5.07. The van der Waals surface area contributed by atoms with Crippen LogP contribution in [0.2, 0.25) is 0 Å². The van der Waals surface area contributed by atoms with Gasteiger partial charge in [0.05, 0.1) is 31.3 Å². The van der Waals surface area contributed by atoms with E-state index in [0.717, 1.165) is 39.0 Å². The molecule has 2 atom stereocenters. The van der Waals surface area contributed by atoms with Crippen molar-refractivity contribution in [2.24, 2.45) is 5.92 Å². The molecule has 0 saturated carbocycles. The van der Waals surface area contributed by atoms with Crippen molar-refractivity contribution < 1.29 is 9.53 Å². The molecule has 2 saturated heterocycles. The van der Waals surface area contributed by atoms with E-state index in [9.17, 15) is 4.79 Å². The zero-order valence-electron chi connectivity index (χ0n) is 11.4. The number of likely N-dealkylation sites (tertiary alicyclic amines) is 1. The van der Waals surface area contributed by atoms with E-state index in [1.165, 1.54) is 5.56 Å². The third-order valence-corrected chi connectivity index (χ3v) is 4.10. The van der Waals surface area contributed by atoms with Crippen LogP contribution in [0.15, 0.2) is 12.4 Å². The molecule has 0 spiro atoms. The quantitative estimate of drug-likeness (QED) is 0.824. The van der Waals surface area contributed by atoms with Gasteiger partial charge in [-0.25, -0.2) is 0 Å². The van der Waals surface area contributed by atoms with Crippen LogP contribution in [0.3, 0.4) is 0 Å². The van der Waals surface area contributed by atoms with Crippen molar-refractivity contribution >= 4 is 5.91 Å². The lowest BCUT2D eigenvalue weighted by Gasteiger charge is -2.27. The molecule has 2 fully saturated rings. The molecule has 0 aliphatic carbocycles. The number of rotatable bonds is 3. The van der Waals surface area contributed by atoms with Crippen LogP contribution in [0.4, 0.5) is 0 Å². The Hall–Kier alpha value is -1.36. The van der Waals surface area contributed by atoms with Gasteiger partial charge < -0.3 is 9.64 Å². The minimum absolute atomic E-state index is 0.0833. The summed E-state index contributed by atoms with van der Waals surface area (Å²) in [6, 6.07) is 0.299. The number of amides is 1. The maximum absolute atomic E-state index is 12.5. The van der Waals surface area contributed by atoms with Gasteiger partial charge in [0, 0.05) is 19.3 Å². The van der Waals surface area contributed by atoms with Gasteiger partial charge in [-0.1, -0.05) is 0 Å². The van der Waals surface area contributed by atoms with Crippen molar-refractivity contribution in [2.75, 3.05) is 19.8 Å². The number of hydrogen-bond donors (Lipinski definition) is 0. The van der Waals surface area contributed by atoms with Gasteiger partial charge in [0.1, 0.15) is 0 Å². The number of aromatic nitrogens is 2. The summed E-state index contributed by atoms with van der Waals surface area (Å²) in [5, 5.41) is 4.32. The van der Waals surface area contributed by atoms with Gasteiger partial charge in [-0.3, -0.25) is 9.48 Å². The normalized spacial score (nSPS) is 27.1. The summed E-state index contributed by atoms with van der Waals surface area (Å²) in [5.41, 5.74) is 1.17. The molecule has 3 heterocycles. The van der Waals surface area contributed by atoms with Crippen molar-refractivity contribution in [3.05, 3.63) is 18.0 Å². The van der Waals surface area contributed by atoms with E-state index in [-0.39, 0.29) is 11.8 Å². The highest BCUT2D eigenvalue weighted by molar-refractivity contribution is 5.79. The van der Waals surface area contributed by atoms with Gasteiger partial charge in [-0.2, -0.15) is 5.10 Å². The maximum atomic E-state index is 12.5. The standard InChI is InChI=1S/C14H21N3O2/c1-11-7-15-16(8-11)9-13-3-2-5-17(13)14(18)12-4-6-19-10-12/h7-8,12-13H,2-6,9-10H2,1H3/t12-,13-/m1/s1. The predicted octanol–water partition coefficient (Wildman–Crippen LogP) is 1.22. The summed E-state index contributed by atoms with van der Waals surface area (Å²) in [5.74, 6) is 0.365. The van der Waals surface area contributed by atoms with E-state index in [1.54, 1.807) is 0 Å². The zero-order valence-corrected chi connectivity index (χ0v) is 11.4. The second-order valence-corrected chi connectivity index (χ2v) is 5.63. The van der Waals surface area contributed by atoms with Crippen molar-refractivity contribution in [3.63, 3.8) is 0 Å². The van der Waals surface area contributed by atoms with Crippen molar-refractivity contribution in [2.45, 2.75) is 38.8 Å². The molecule has 19 heavy (non-hydrogen) atoms. The molecule has 1 amide bonds. The minimum Gasteiger partial charge on any atom is -0.381 e. The molecular formula is C14H21N3O2. The molecular weight excluding hydrogens is 242 g/mol. The fourth-order valence-corrected chi connectivity index (χ4v) is 3.06. The van der Waals surface area contributed by atoms with Crippen LogP contribution in [0.25, 0.3) is 0 Å². The lowest BCUT2D eigenvalue weighted by Crippen LogP contribution is -2.41. The van der Waals surface area contributed by atoms with Crippen LogP contribution in [-0.2, 0) is 16.1 Å². The number of aryl methyl sites for hydroxylation is 1. The van der Waals surface area contributed by atoms with Gasteiger partial charge in [0.2, 0.25) is 5.91 Å². The third-order valence-electron chi connectivity index (χ3n) is 4.10. The molecule has 3 rings (SSSR count). The first kappa shape index (κ1) is 12.7. The summed E-state index contributed by atoms with van der Waals surface area (Å²) < 4.78 is 7.28. The lowest BCUT2D eigenvalue weighted by atomic mass is 10.1. The Morgan fingerprint density at radius 1 is 1.53 bits per heavy atom. The Labute approximate surface area is 113 Å². The Morgan fingerprint density at radius 2 is 2.42 bits per heavy atom. The van der Waals surface area contributed by atoms with E-state index in [0.29, 0.717) is 12.6 Å². The van der Waals surface area contributed by atoms with E-state index in [4.69, 9.17) is 4.74 Å². The molecule has 0 N–H and O–H groups in total. The fourth-order valence-electron chi connectivity index (χ4n) is 3.06. The fraction of sp³-hybridized carbons (Fsp3) is 0.714. The highest BCUT2D eigenvalue weighted by Crippen LogP contribution is 2.24. The minimum atomic E-state index is 0.0833. The molecule has 2 aliphatic rings. The van der Waals surface area contributed by atoms with Crippen molar-refractivity contribution in [1.82, 2.24) is 14.7 Å². The molecule has 0 bridgehead atoms. The van der Waals surface area contributed by atoms with Crippen LogP contribution in [0.1, 0.15) is 24.8 Å². The van der Waals surface area contributed by atoms with E-state index in [2.05, 4.69) is 10.00 Å². The molecule has 2 aliphatic heterocycles. The SMILES string of the molecule is Cc1cnn(C[C@H]2CCCN2C(=O)[C@@H]2CCOC2)c1. The number of nitrogens with zero attached hydrogens (tertiary/aromatic N) is 3. The van der Waals surface area contributed by atoms with E-state index in [1.807, 2.05) is 24.0 Å². The smallest absolute Gasteiger partial charge is 0.228 e. The molecule has 5 heteroatoms. The highest BCUT2D eigenvalue weighted by Gasteiger charge is 2.34. The first-order chi connectivity index (χ1) is 9.24. The van der Waals surface area contributed by atoms with Crippen molar-refractivity contribution in [3.8, 4) is 0 Å². The largest absolute Gasteiger partial charge is 0.381 e. The summed E-state index contributed by atoms with van der Waals surface area (Å²) >= 11 is 0. The van der Waals surface area contributed by atoms with Gasteiger partial charge in [0.25, 0.3) is 0 Å². The monoisotopic (exact) mass is 263 g/mol. The Kier molecular flexibility index (Phi) is 3.55. The van der Waals surface area contributed by atoms with Gasteiger partial charge in [0.15, 0.2) is 0 Å².